The number of sulfonamides is 1. The Morgan fingerprint density at radius 1 is 1.27 bits per heavy atom. The van der Waals surface area contributed by atoms with Crippen LogP contribution in [0.15, 0.2) is 23.1 Å². The van der Waals surface area contributed by atoms with Crippen molar-refractivity contribution in [2.45, 2.75) is 36.9 Å². The lowest BCUT2D eigenvalue weighted by Crippen LogP contribution is -2.16. The molecule has 1 aromatic heterocycles. The fraction of sp³-hybridized carbons (Fsp3) is 0.429. The van der Waals surface area contributed by atoms with Gasteiger partial charge in [-0.3, -0.25) is 0 Å². The maximum atomic E-state index is 12.5. The van der Waals surface area contributed by atoms with Crippen LogP contribution in [0.4, 0.5) is 5.95 Å². The number of ether oxygens (including phenoxy) is 1. The van der Waals surface area contributed by atoms with Crippen LogP contribution in [0.2, 0.25) is 0 Å². The summed E-state index contributed by atoms with van der Waals surface area (Å²) in [5.74, 6) is 1.34. The van der Waals surface area contributed by atoms with Crippen LogP contribution in [0.25, 0.3) is 0 Å². The lowest BCUT2D eigenvalue weighted by molar-refractivity contribution is 0.134. The van der Waals surface area contributed by atoms with Gasteiger partial charge in [0.25, 0.3) is 10.0 Å². The molecule has 2 aliphatic rings. The van der Waals surface area contributed by atoms with Crippen molar-refractivity contribution < 1.29 is 13.2 Å². The number of aromatic nitrogens is 3. The van der Waals surface area contributed by atoms with E-state index in [1.807, 2.05) is 0 Å². The molecule has 4 rings (SSSR count). The number of hydrogen-bond donors (Lipinski definition) is 1. The highest BCUT2D eigenvalue weighted by atomic mass is 32.2. The molecule has 0 unspecified atom stereocenters. The van der Waals surface area contributed by atoms with Gasteiger partial charge in [0.05, 0.1) is 18.1 Å². The van der Waals surface area contributed by atoms with Gasteiger partial charge < -0.3 is 4.74 Å². The van der Waals surface area contributed by atoms with Crippen LogP contribution < -0.4 is 4.72 Å². The Bertz CT molecular complexity index is 840. The van der Waals surface area contributed by atoms with E-state index < -0.39 is 10.0 Å². The van der Waals surface area contributed by atoms with Crippen molar-refractivity contribution in [2.24, 2.45) is 7.05 Å². The fourth-order valence-corrected chi connectivity index (χ4v) is 3.58. The first-order chi connectivity index (χ1) is 10.5. The van der Waals surface area contributed by atoms with E-state index in [4.69, 9.17) is 4.74 Å². The van der Waals surface area contributed by atoms with Crippen LogP contribution in [0.3, 0.4) is 0 Å². The van der Waals surface area contributed by atoms with Gasteiger partial charge in [0.2, 0.25) is 5.95 Å². The third kappa shape index (κ3) is 2.38. The molecule has 1 aromatic carbocycles. The number of rotatable bonds is 4. The van der Waals surface area contributed by atoms with E-state index in [0.717, 1.165) is 24.0 Å². The second-order valence-corrected chi connectivity index (χ2v) is 7.40. The zero-order valence-corrected chi connectivity index (χ0v) is 12.9. The second-order valence-electron chi connectivity index (χ2n) is 5.72. The van der Waals surface area contributed by atoms with Crippen molar-refractivity contribution in [3.05, 3.63) is 35.2 Å². The highest BCUT2D eigenvalue weighted by Crippen LogP contribution is 2.38. The minimum Gasteiger partial charge on any atom is -0.372 e. The quantitative estimate of drug-likeness (QED) is 0.923. The average Bonchev–Trinajstić information content (AvgIpc) is 3.12. The van der Waals surface area contributed by atoms with Crippen molar-refractivity contribution >= 4 is 16.0 Å². The predicted molar refractivity (Wildman–Crippen MR) is 78.7 cm³/mol. The first-order valence-corrected chi connectivity index (χ1v) is 8.64. The topological polar surface area (TPSA) is 86.1 Å². The minimum absolute atomic E-state index is 0.215. The maximum Gasteiger partial charge on any atom is 0.264 e. The molecule has 0 spiro atoms. The molecule has 0 saturated heterocycles. The number of hydrogen-bond acceptors (Lipinski definition) is 5. The van der Waals surface area contributed by atoms with Gasteiger partial charge >= 0.3 is 0 Å². The molecule has 116 valence electrons. The van der Waals surface area contributed by atoms with Crippen LogP contribution in [0.1, 0.15) is 35.7 Å². The Morgan fingerprint density at radius 3 is 2.82 bits per heavy atom. The predicted octanol–water partition coefficient (Wildman–Crippen LogP) is 1.52. The molecule has 8 heteroatoms. The molecule has 1 saturated carbocycles. The third-order valence-electron chi connectivity index (χ3n) is 3.95. The maximum absolute atomic E-state index is 12.5. The Hall–Kier alpha value is -1.93. The molecular weight excluding hydrogens is 304 g/mol. The van der Waals surface area contributed by atoms with E-state index in [0.29, 0.717) is 25.0 Å². The van der Waals surface area contributed by atoms with Gasteiger partial charge in [0.1, 0.15) is 0 Å². The highest BCUT2D eigenvalue weighted by molar-refractivity contribution is 7.92. The van der Waals surface area contributed by atoms with Crippen molar-refractivity contribution in [2.75, 3.05) is 4.72 Å². The molecule has 0 radical (unpaired) electrons. The third-order valence-corrected chi connectivity index (χ3v) is 5.28. The summed E-state index contributed by atoms with van der Waals surface area (Å²) in [7, 11) is -1.99. The molecule has 1 fully saturated rings. The van der Waals surface area contributed by atoms with Crippen LogP contribution in [0, 0.1) is 0 Å². The van der Waals surface area contributed by atoms with Gasteiger partial charge in [-0.2, -0.15) is 10.1 Å². The lowest BCUT2D eigenvalue weighted by atomic mass is 10.1. The van der Waals surface area contributed by atoms with E-state index in [-0.39, 0.29) is 10.8 Å². The van der Waals surface area contributed by atoms with Crippen LogP contribution in [0.5, 0.6) is 0 Å². The van der Waals surface area contributed by atoms with E-state index >= 15 is 0 Å². The number of nitrogens with one attached hydrogen (secondary N) is 1. The normalized spacial score (nSPS) is 17.5. The number of anilines is 1. The van der Waals surface area contributed by atoms with E-state index in [9.17, 15) is 8.42 Å². The summed E-state index contributed by atoms with van der Waals surface area (Å²) in [6, 6.07) is 5.04. The molecular formula is C14H16N4O3S. The number of benzene rings is 1. The summed E-state index contributed by atoms with van der Waals surface area (Å²) < 4.78 is 34.3. The summed E-state index contributed by atoms with van der Waals surface area (Å²) in [6.45, 7) is 0.992. The van der Waals surface area contributed by atoms with Gasteiger partial charge in [-0.15, -0.1) is 0 Å². The number of aryl methyl sites for hydroxylation is 1. The van der Waals surface area contributed by atoms with Gasteiger partial charge in [-0.1, -0.05) is 6.07 Å². The van der Waals surface area contributed by atoms with Crippen molar-refractivity contribution in [1.29, 1.82) is 0 Å². The summed E-state index contributed by atoms with van der Waals surface area (Å²) in [5, 5.41) is 4.27. The number of fused-ring (bicyclic) bond motifs is 1. The molecule has 0 amide bonds. The summed E-state index contributed by atoms with van der Waals surface area (Å²) in [4.78, 5) is 4.51. The van der Waals surface area contributed by atoms with Gasteiger partial charge in [0, 0.05) is 13.0 Å². The van der Waals surface area contributed by atoms with E-state index in [2.05, 4.69) is 14.8 Å². The fourth-order valence-electron chi connectivity index (χ4n) is 2.50. The Balaban J connectivity index is 1.63. The van der Waals surface area contributed by atoms with Crippen molar-refractivity contribution in [3.63, 3.8) is 0 Å². The number of nitrogens with zero attached hydrogens (tertiary/aromatic N) is 3. The zero-order valence-electron chi connectivity index (χ0n) is 12.1. The first kappa shape index (κ1) is 13.7. The molecule has 2 aromatic rings. The largest absolute Gasteiger partial charge is 0.372 e. The highest BCUT2D eigenvalue weighted by Gasteiger charge is 2.29. The molecule has 1 N–H and O–H groups in total. The lowest BCUT2D eigenvalue weighted by Gasteiger charge is -2.08. The standard InChI is InChI=1S/C14H16N4O3S/c1-18-14(15-13(16-18)9-2-3-9)17-22(19,20)12-5-4-10-7-21-8-11(10)6-12/h4-6,9H,2-3,7-8H2,1H3,(H,15,16,17). The Morgan fingerprint density at radius 2 is 2.05 bits per heavy atom. The molecule has 0 bridgehead atoms. The minimum atomic E-state index is -3.68. The molecule has 7 nitrogen and oxygen atoms in total. The second kappa shape index (κ2) is 4.79. The summed E-state index contributed by atoms with van der Waals surface area (Å²) >= 11 is 0. The van der Waals surface area contributed by atoms with Gasteiger partial charge in [-0.25, -0.2) is 17.8 Å². The van der Waals surface area contributed by atoms with Crippen LogP contribution in [-0.2, 0) is 35.0 Å². The van der Waals surface area contributed by atoms with Gasteiger partial charge in [0.15, 0.2) is 5.82 Å². The van der Waals surface area contributed by atoms with Crippen molar-refractivity contribution in [1.82, 2.24) is 14.8 Å². The monoisotopic (exact) mass is 320 g/mol. The van der Waals surface area contributed by atoms with E-state index in [1.165, 1.54) is 4.68 Å². The van der Waals surface area contributed by atoms with Crippen LogP contribution in [-0.4, -0.2) is 23.2 Å². The first-order valence-electron chi connectivity index (χ1n) is 7.16. The summed E-state index contributed by atoms with van der Waals surface area (Å²) in [6.07, 6.45) is 2.14. The molecule has 1 aliphatic heterocycles. The molecule has 0 atom stereocenters. The zero-order chi connectivity index (χ0) is 15.3. The Labute approximate surface area is 128 Å². The van der Waals surface area contributed by atoms with E-state index in [1.54, 1.807) is 25.2 Å². The molecule has 2 heterocycles. The average molecular weight is 320 g/mol. The Kier molecular flexibility index (Phi) is 2.98. The molecule has 22 heavy (non-hydrogen) atoms. The van der Waals surface area contributed by atoms with Gasteiger partial charge in [-0.05, 0) is 36.1 Å². The molecule has 1 aliphatic carbocycles. The smallest absolute Gasteiger partial charge is 0.264 e. The van der Waals surface area contributed by atoms with Crippen molar-refractivity contribution in [3.8, 4) is 0 Å². The van der Waals surface area contributed by atoms with Crippen LogP contribution >= 0.6 is 0 Å². The SMILES string of the molecule is Cn1nc(C2CC2)nc1NS(=O)(=O)c1ccc2c(c1)COC2. The summed E-state index contributed by atoms with van der Waals surface area (Å²) in [5.41, 5.74) is 1.95.